The van der Waals surface area contributed by atoms with Gasteiger partial charge in [-0.05, 0) is 29.8 Å². The minimum Gasteiger partial charge on any atom is -0.497 e. The first kappa shape index (κ1) is 20.5. The number of hydrogen-bond acceptors (Lipinski definition) is 5. The first-order chi connectivity index (χ1) is 13.8. The molecule has 0 amide bonds. The Bertz CT molecular complexity index is 1100. The molecule has 3 aromatic rings. The average molecular weight is 426 g/mol. The predicted molar refractivity (Wildman–Crippen MR) is 102 cm³/mol. The molecule has 0 saturated carbocycles. The molecule has 3 rings (SSSR count). The van der Waals surface area contributed by atoms with Crippen LogP contribution < -0.4 is 20.3 Å². The van der Waals surface area contributed by atoms with E-state index in [4.69, 9.17) is 21.1 Å². The highest BCUT2D eigenvalue weighted by Crippen LogP contribution is 2.29. The molecule has 0 fully saturated rings. The summed E-state index contributed by atoms with van der Waals surface area (Å²) in [5, 5.41) is 3.18. The summed E-state index contributed by atoms with van der Waals surface area (Å²) in [5.74, 6) is -3.74. The Hall–Kier alpha value is -3.20. The van der Waals surface area contributed by atoms with Crippen molar-refractivity contribution >= 4 is 23.2 Å². The van der Waals surface area contributed by atoms with Crippen LogP contribution in [-0.4, -0.2) is 23.8 Å². The molecule has 0 aliphatic carbocycles. The summed E-state index contributed by atoms with van der Waals surface area (Å²) in [5.41, 5.74) is -0.139. The molecular weight excluding hydrogens is 411 g/mol. The molecule has 1 heterocycles. The van der Waals surface area contributed by atoms with Crippen molar-refractivity contribution in [3.05, 3.63) is 74.9 Å². The van der Waals surface area contributed by atoms with Gasteiger partial charge in [0.2, 0.25) is 11.7 Å². The van der Waals surface area contributed by atoms with Crippen molar-refractivity contribution < 1.29 is 22.6 Å². The van der Waals surface area contributed by atoms with Crippen molar-refractivity contribution in [1.29, 1.82) is 0 Å². The van der Waals surface area contributed by atoms with Crippen molar-refractivity contribution in [3.8, 4) is 11.5 Å². The highest BCUT2D eigenvalue weighted by molar-refractivity contribution is 6.33. The van der Waals surface area contributed by atoms with Crippen LogP contribution in [0.4, 0.5) is 24.8 Å². The molecule has 0 spiro atoms. The zero-order valence-corrected chi connectivity index (χ0v) is 16.1. The summed E-state index contributed by atoms with van der Waals surface area (Å²) in [6, 6.07) is 6.52. The Morgan fingerprint density at radius 2 is 1.79 bits per heavy atom. The van der Waals surface area contributed by atoms with Crippen LogP contribution in [-0.2, 0) is 6.54 Å². The minimum absolute atomic E-state index is 0.0352. The third kappa shape index (κ3) is 4.45. The van der Waals surface area contributed by atoms with Gasteiger partial charge < -0.3 is 19.4 Å². The summed E-state index contributed by atoms with van der Waals surface area (Å²) in [4.78, 5) is 16.0. The Kier molecular flexibility index (Phi) is 5.97. The molecule has 0 aliphatic rings. The van der Waals surface area contributed by atoms with Gasteiger partial charge in [-0.2, -0.15) is 4.98 Å². The molecule has 0 unspecified atom stereocenters. The normalized spacial score (nSPS) is 10.7. The van der Waals surface area contributed by atoms with Gasteiger partial charge >= 0.3 is 5.56 Å². The molecule has 0 radical (unpaired) electrons. The van der Waals surface area contributed by atoms with Crippen molar-refractivity contribution in [2.24, 2.45) is 0 Å². The molecule has 6 nitrogen and oxygen atoms in total. The van der Waals surface area contributed by atoms with Crippen molar-refractivity contribution in [1.82, 2.24) is 9.55 Å². The number of anilines is 2. The van der Waals surface area contributed by atoms with Gasteiger partial charge in [-0.3, -0.25) is 4.79 Å². The van der Waals surface area contributed by atoms with Crippen molar-refractivity contribution in [2.75, 3.05) is 19.5 Å². The number of hydrogen-bond donors (Lipinski definition) is 1. The molecule has 2 aromatic carbocycles. The van der Waals surface area contributed by atoms with Gasteiger partial charge in [-0.1, -0.05) is 11.6 Å². The number of halogens is 4. The van der Waals surface area contributed by atoms with E-state index in [0.29, 0.717) is 16.5 Å². The fourth-order valence-electron chi connectivity index (χ4n) is 2.57. The summed E-state index contributed by atoms with van der Waals surface area (Å²) in [7, 11) is 2.77. The molecule has 0 aliphatic heterocycles. The Balaban J connectivity index is 2.03. The fraction of sp³-hybridized carbons (Fsp3) is 0.158. The number of ether oxygens (including phenoxy) is 2. The molecule has 152 valence electrons. The van der Waals surface area contributed by atoms with Gasteiger partial charge in [0.1, 0.15) is 5.75 Å². The number of rotatable bonds is 6. The lowest BCUT2D eigenvalue weighted by atomic mass is 10.2. The number of benzene rings is 2. The van der Waals surface area contributed by atoms with Crippen molar-refractivity contribution in [3.63, 3.8) is 0 Å². The zero-order valence-electron chi connectivity index (χ0n) is 15.3. The number of methoxy groups -OCH3 is 2. The Labute approximate surface area is 168 Å². The maximum Gasteiger partial charge on any atom is 0.316 e. The van der Waals surface area contributed by atoms with Crippen LogP contribution in [0.1, 0.15) is 5.56 Å². The molecule has 0 saturated heterocycles. The lowest BCUT2D eigenvalue weighted by Crippen LogP contribution is -2.19. The molecule has 0 bridgehead atoms. The molecule has 10 heteroatoms. The third-order valence-corrected chi connectivity index (χ3v) is 4.32. The van der Waals surface area contributed by atoms with E-state index in [1.165, 1.54) is 25.0 Å². The maximum atomic E-state index is 13.6. The smallest absolute Gasteiger partial charge is 0.316 e. The first-order valence-electron chi connectivity index (χ1n) is 8.22. The molecule has 0 atom stereocenters. The maximum absolute atomic E-state index is 13.6. The summed E-state index contributed by atoms with van der Waals surface area (Å²) < 4.78 is 51.8. The Morgan fingerprint density at radius 3 is 2.38 bits per heavy atom. The number of nitrogens with zero attached hydrogens (tertiary/aromatic N) is 2. The average Bonchev–Trinajstić information content (AvgIpc) is 2.69. The van der Waals surface area contributed by atoms with Gasteiger partial charge in [0.05, 0.1) is 37.7 Å². The molecule has 1 N–H and O–H groups in total. The lowest BCUT2D eigenvalue weighted by Gasteiger charge is -2.16. The van der Waals surface area contributed by atoms with Crippen LogP contribution in [0, 0.1) is 17.5 Å². The van der Waals surface area contributed by atoms with E-state index in [0.717, 1.165) is 12.1 Å². The van der Waals surface area contributed by atoms with Crippen LogP contribution in [0.5, 0.6) is 11.5 Å². The van der Waals surface area contributed by atoms with Gasteiger partial charge in [0.15, 0.2) is 17.5 Å². The standard InChI is InChI=1S/C19H15ClF3N3O3/c1-28-11-3-4-15(12(20)7-11)24-19-25-18(27)16(29-2)9-26(19)8-10-5-13(21)17(23)14(22)6-10/h3-7,9H,8H2,1-2H3,(H,24,25,27). The van der Waals surface area contributed by atoms with Gasteiger partial charge in [-0.15, -0.1) is 0 Å². The quantitative estimate of drug-likeness (QED) is 0.602. The topological polar surface area (TPSA) is 65.4 Å². The van der Waals surface area contributed by atoms with Crippen LogP contribution in [0.15, 0.2) is 41.3 Å². The Morgan fingerprint density at radius 1 is 1.10 bits per heavy atom. The minimum atomic E-state index is -1.56. The van der Waals surface area contributed by atoms with E-state index in [1.807, 2.05) is 0 Å². The van der Waals surface area contributed by atoms with E-state index in [2.05, 4.69) is 10.3 Å². The van der Waals surface area contributed by atoms with E-state index in [1.54, 1.807) is 18.2 Å². The van der Waals surface area contributed by atoms with E-state index in [-0.39, 0.29) is 23.8 Å². The highest BCUT2D eigenvalue weighted by atomic mass is 35.5. The third-order valence-electron chi connectivity index (χ3n) is 4.00. The van der Waals surface area contributed by atoms with E-state index >= 15 is 0 Å². The van der Waals surface area contributed by atoms with Crippen molar-refractivity contribution in [2.45, 2.75) is 6.54 Å². The first-order valence-corrected chi connectivity index (χ1v) is 8.59. The highest BCUT2D eigenvalue weighted by Gasteiger charge is 2.15. The monoisotopic (exact) mass is 425 g/mol. The number of nitrogens with one attached hydrogen (secondary N) is 1. The van der Waals surface area contributed by atoms with Gasteiger partial charge in [0, 0.05) is 6.07 Å². The summed E-state index contributed by atoms with van der Waals surface area (Å²) in [6.45, 7) is -0.131. The SMILES string of the molecule is COc1ccc(Nc2nc(=O)c(OC)cn2Cc2cc(F)c(F)c(F)c2)c(Cl)c1. The summed E-state index contributed by atoms with van der Waals surface area (Å²) in [6.07, 6.45) is 1.31. The summed E-state index contributed by atoms with van der Waals surface area (Å²) >= 11 is 6.20. The van der Waals surface area contributed by atoms with Crippen LogP contribution in [0.25, 0.3) is 0 Å². The largest absolute Gasteiger partial charge is 0.497 e. The van der Waals surface area contributed by atoms with Crippen LogP contribution >= 0.6 is 11.6 Å². The lowest BCUT2D eigenvalue weighted by molar-refractivity contribution is 0.402. The number of aromatic nitrogens is 2. The zero-order chi connectivity index (χ0) is 21.1. The molecule has 1 aromatic heterocycles. The molecular formula is C19H15ClF3N3O3. The molecule has 29 heavy (non-hydrogen) atoms. The van der Waals surface area contributed by atoms with E-state index < -0.39 is 23.0 Å². The van der Waals surface area contributed by atoms with E-state index in [9.17, 15) is 18.0 Å². The predicted octanol–water partition coefficient (Wildman–Crippen LogP) is 4.12. The second kappa shape index (κ2) is 8.44. The van der Waals surface area contributed by atoms with Crippen LogP contribution in [0.3, 0.4) is 0 Å². The van der Waals surface area contributed by atoms with Crippen LogP contribution in [0.2, 0.25) is 5.02 Å². The fourth-order valence-corrected chi connectivity index (χ4v) is 2.79. The second-order valence-electron chi connectivity index (χ2n) is 5.91. The second-order valence-corrected chi connectivity index (χ2v) is 6.32. The van der Waals surface area contributed by atoms with Gasteiger partial charge in [-0.25, -0.2) is 13.2 Å². The van der Waals surface area contributed by atoms with Gasteiger partial charge in [0.25, 0.3) is 0 Å².